The Morgan fingerprint density at radius 3 is 2.77 bits per heavy atom. The van der Waals surface area contributed by atoms with Crippen molar-refractivity contribution in [2.75, 3.05) is 0 Å². The fourth-order valence-corrected chi connectivity index (χ4v) is 4.39. The van der Waals surface area contributed by atoms with Crippen molar-refractivity contribution < 1.29 is 19.1 Å². The molecule has 4 rings (SSSR count). The lowest BCUT2D eigenvalue weighted by Gasteiger charge is -2.02. The van der Waals surface area contributed by atoms with Gasteiger partial charge >= 0.3 is 5.97 Å². The number of carbonyl (C=O) groups excluding carboxylic acids is 1. The van der Waals surface area contributed by atoms with E-state index in [1.807, 2.05) is 25.1 Å². The zero-order chi connectivity index (χ0) is 22.1. The average molecular weight is 518 g/mol. The second kappa shape index (κ2) is 8.74. The van der Waals surface area contributed by atoms with Gasteiger partial charge in [-0.15, -0.1) is 0 Å². The molecule has 0 unspecified atom stereocenters. The number of aryl methyl sites for hydroxylation is 1. The zero-order valence-corrected chi connectivity index (χ0v) is 19.1. The molecule has 1 aliphatic rings. The van der Waals surface area contributed by atoms with Crippen LogP contribution in [0.2, 0.25) is 5.02 Å². The summed E-state index contributed by atoms with van der Waals surface area (Å²) in [6.45, 7) is 1.94. The van der Waals surface area contributed by atoms with Gasteiger partial charge in [0.05, 0.1) is 21.2 Å². The summed E-state index contributed by atoms with van der Waals surface area (Å²) in [5.74, 6) is -0.491. The van der Waals surface area contributed by atoms with Crippen LogP contribution in [0.3, 0.4) is 0 Å². The lowest BCUT2D eigenvalue weighted by molar-refractivity contribution is -0.115. The Bertz CT molecular complexity index is 1280. The number of carbonyl (C=O) groups is 2. The number of aliphatic imine (C=N–C) groups is 1. The van der Waals surface area contributed by atoms with Crippen molar-refractivity contribution in [3.63, 3.8) is 0 Å². The van der Waals surface area contributed by atoms with Gasteiger partial charge in [0.1, 0.15) is 11.5 Å². The topological polar surface area (TPSA) is 91.9 Å². The Labute approximate surface area is 195 Å². The third-order valence-corrected chi connectivity index (χ3v) is 6.14. The standard InChI is InChI=1S/C22H14BrClN2O4S/c1-11-8-13(23)3-6-17(11)25-22-26-20(27)19(31-22)10-14-4-7-18(30-14)15-9-12(21(28)29)2-5-16(15)24/h2-10H,1H3,(H,28,29)(H,25,26,27)/b19-10-. The number of hydrogen-bond donors (Lipinski definition) is 2. The second-order valence-corrected chi connectivity index (χ2v) is 8.97. The summed E-state index contributed by atoms with van der Waals surface area (Å²) in [7, 11) is 0. The van der Waals surface area contributed by atoms with Crippen molar-refractivity contribution in [1.82, 2.24) is 5.32 Å². The number of nitrogens with one attached hydrogen (secondary N) is 1. The minimum Gasteiger partial charge on any atom is -0.478 e. The number of amides is 1. The fraction of sp³-hybridized carbons (Fsp3) is 0.0455. The maximum absolute atomic E-state index is 12.4. The molecule has 9 heteroatoms. The maximum Gasteiger partial charge on any atom is 0.335 e. The number of amidine groups is 1. The summed E-state index contributed by atoms with van der Waals surface area (Å²) in [6, 6.07) is 13.5. The molecule has 6 nitrogen and oxygen atoms in total. The first-order chi connectivity index (χ1) is 14.8. The third kappa shape index (κ3) is 4.76. The van der Waals surface area contributed by atoms with E-state index >= 15 is 0 Å². The van der Waals surface area contributed by atoms with Crippen molar-refractivity contribution in [3.8, 4) is 11.3 Å². The molecule has 1 aliphatic heterocycles. The summed E-state index contributed by atoms with van der Waals surface area (Å²) in [4.78, 5) is 28.5. The molecule has 1 aromatic heterocycles. The smallest absolute Gasteiger partial charge is 0.335 e. The van der Waals surface area contributed by atoms with Gasteiger partial charge in [0.2, 0.25) is 0 Å². The van der Waals surface area contributed by atoms with E-state index in [1.54, 1.807) is 18.2 Å². The van der Waals surface area contributed by atoms with Gasteiger partial charge in [-0.2, -0.15) is 0 Å². The highest BCUT2D eigenvalue weighted by Gasteiger charge is 2.24. The highest BCUT2D eigenvalue weighted by Crippen LogP contribution is 2.33. The fourth-order valence-electron chi connectivity index (χ4n) is 2.89. The van der Waals surface area contributed by atoms with Crippen molar-refractivity contribution in [2.24, 2.45) is 4.99 Å². The number of nitrogens with zero attached hydrogens (tertiary/aromatic N) is 1. The van der Waals surface area contributed by atoms with Crippen LogP contribution in [0.25, 0.3) is 17.4 Å². The molecule has 2 N–H and O–H groups in total. The van der Waals surface area contributed by atoms with Crippen molar-refractivity contribution >= 4 is 68.1 Å². The molecule has 156 valence electrons. The molecule has 2 aromatic carbocycles. The first-order valence-corrected chi connectivity index (χ1v) is 11.0. The van der Waals surface area contributed by atoms with Gasteiger partial charge < -0.3 is 14.8 Å². The Balaban J connectivity index is 1.58. The molecule has 2 heterocycles. The van der Waals surface area contributed by atoms with Crippen LogP contribution in [0.15, 0.2) is 67.3 Å². The number of furan rings is 1. The van der Waals surface area contributed by atoms with Gasteiger partial charge in [-0.05, 0) is 72.8 Å². The lowest BCUT2D eigenvalue weighted by Crippen LogP contribution is -2.19. The van der Waals surface area contributed by atoms with Crippen molar-refractivity contribution in [3.05, 3.63) is 79.8 Å². The summed E-state index contributed by atoms with van der Waals surface area (Å²) < 4.78 is 6.75. The van der Waals surface area contributed by atoms with Gasteiger partial charge in [0, 0.05) is 16.1 Å². The molecule has 31 heavy (non-hydrogen) atoms. The molecule has 1 fully saturated rings. The maximum atomic E-state index is 12.4. The van der Waals surface area contributed by atoms with Crippen LogP contribution >= 0.6 is 39.3 Å². The molecule has 0 bridgehead atoms. The van der Waals surface area contributed by atoms with E-state index in [-0.39, 0.29) is 11.5 Å². The highest BCUT2D eigenvalue weighted by atomic mass is 79.9. The van der Waals surface area contributed by atoms with Crippen LogP contribution in [-0.4, -0.2) is 22.2 Å². The molecule has 3 aromatic rings. The number of benzene rings is 2. The van der Waals surface area contributed by atoms with Gasteiger partial charge in [-0.3, -0.25) is 4.79 Å². The van der Waals surface area contributed by atoms with Crippen molar-refractivity contribution in [1.29, 1.82) is 0 Å². The van der Waals surface area contributed by atoms with Gasteiger partial charge in [-0.25, -0.2) is 9.79 Å². The number of carboxylic acid groups (broad SMARTS) is 1. The van der Waals surface area contributed by atoms with Crippen LogP contribution in [0, 0.1) is 6.92 Å². The predicted molar refractivity (Wildman–Crippen MR) is 126 cm³/mol. The number of rotatable bonds is 4. The summed E-state index contributed by atoms with van der Waals surface area (Å²) in [6.07, 6.45) is 1.61. The van der Waals surface area contributed by atoms with Crippen LogP contribution in [-0.2, 0) is 4.79 Å². The zero-order valence-electron chi connectivity index (χ0n) is 16.0. The summed E-state index contributed by atoms with van der Waals surface area (Å²) >= 11 is 10.8. The van der Waals surface area contributed by atoms with E-state index in [4.69, 9.17) is 16.0 Å². The molecule has 1 saturated heterocycles. The quantitative estimate of drug-likeness (QED) is 0.399. The van der Waals surface area contributed by atoms with Gasteiger partial charge in [0.15, 0.2) is 5.17 Å². The molecule has 0 saturated carbocycles. The first kappa shape index (κ1) is 21.4. The van der Waals surface area contributed by atoms with E-state index in [0.29, 0.717) is 32.2 Å². The monoisotopic (exact) mass is 516 g/mol. The normalized spacial score (nSPS) is 16.2. The first-order valence-electron chi connectivity index (χ1n) is 8.99. The van der Waals surface area contributed by atoms with Crippen LogP contribution in [0.1, 0.15) is 21.7 Å². The number of halogens is 2. The number of hydrogen-bond acceptors (Lipinski definition) is 5. The van der Waals surface area contributed by atoms with E-state index in [2.05, 4.69) is 26.2 Å². The van der Waals surface area contributed by atoms with Crippen molar-refractivity contribution in [2.45, 2.75) is 6.92 Å². The Kier molecular flexibility index (Phi) is 6.04. The third-order valence-electron chi connectivity index (χ3n) is 4.41. The van der Waals surface area contributed by atoms with Gasteiger partial charge in [-0.1, -0.05) is 27.5 Å². The largest absolute Gasteiger partial charge is 0.478 e. The van der Waals surface area contributed by atoms with E-state index in [1.165, 1.54) is 30.0 Å². The van der Waals surface area contributed by atoms with E-state index in [9.17, 15) is 14.7 Å². The lowest BCUT2D eigenvalue weighted by atomic mass is 10.1. The predicted octanol–water partition coefficient (Wildman–Crippen LogP) is 6.26. The molecule has 1 amide bonds. The minimum atomic E-state index is -1.06. The molecular weight excluding hydrogens is 504 g/mol. The Morgan fingerprint density at radius 2 is 2.03 bits per heavy atom. The summed E-state index contributed by atoms with van der Waals surface area (Å²) in [5.41, 5.74) is 2.30. The van der Waals surface area contributed by atoms with Crippen LogP contribution in [0.5, 0.6) is 0 Å². The van der Waals surface area contributed by atoms with Crippen LogP contribution in [0.4, 0.5) is 5.69 Å². The second-order valence-electron chi connectivity index (χ2n) is 6.61. The molecule has 0 aliphatic carbocycles. The molecule has 0 radical (unpaired) electrons. The average Bonchev–Trinajstić information content (AvgIpc) is 3.31. The Hall–Kier alpha value is -2.81. The van der Waals surface area contributed by atoms with E-state index in [0.717, 1.165) is 15.7 Å². The van der Waals surface area contributed by atoms with Gasteiger partial charge in [0.25, 0.3) is 5.91 Å². The van der Waals surface area contributed by atoms with E-state index < -0.39 is 5.97 Å². The SMILES string of the molecule is Cc1cc(Br)ccc1N=C1NC(=O)/C(=C/c2ccc(-c3cc(C(=O)O)ccc3Cl)o2)S1. The number of aromatic carboxylic acids is 1. The molecular formula is C22H14BrClN2O4S. The minimum absolute atomic E-state index is 0.102. The molecule has 0 spiro atoms. The number of thioether (sulfide) groups is 1. The highest BCUT2D eigenvalue weighted by molar-refractivity contribution is 9.10. The number of carboxylic acids is 1. The van der Waals surface area contributed by atoms with Crippen LogP contribution < -0.4 is 5.32 Å². The molecule has 0 atom stereocenters. The Morgan fingerprint density at radius 1 is 1.23 bits per heavy atom. The summed E-state index contributed by atoms with van der Waals surface area (Å²) in [5, 5.41) is 12.8.